The molecule has 3 heterocycles. The quantitative estimate of drug-likeness (QED) is 0.446. The van der Waals surface area contributed by atoms with Crippen LogP contribution in [-0.4, -0.2) is 20.7 Å². The van der Waals surface area contributed by atoms with Gasteiger partial charge in [-0.3, -0.25) is 14.5 Å². The number of aryl methyl sites for hydroxylation is 1. The molecule has 30 heavy (non-hydrogen) atoms. The Morgan fingerprint density at radius 2 is 2.00 bits per heavy atom. The molecule has 1 N–H and O–H groups in total. The SMILES string of the molecule is Cc1cccnc1CNC(=O)C=Cc1cn(Cc2ccccc2)nc1-c1cccs1. The van der Waals surface area contributed by atoms with E-state index in [-0.39, 0.29) is 5.91 Å². The van der Waals surface area contributed by atoms with Crippen molar-refractivity contribution in [2.24, 2.45) is 0 Å². The van der Waals surface area contributed by atoms with Crippen LogP contribution >= 0.6 is 11.3 Å². The van der Waals surface area contributed by atoms with Crippen molar-refractivity contribution in [3.8, 4) is 10.6 Å². The molecule has 6 heteroatoms. The van der Waals surface area contributed by atoms with Crippen LogP contribution in [0.4, 0.5) is 0 Å². The molecular formula is C24H22N4OS. The molecule has 3 aromatic heterocycles. The largest absolute Gasteiger partial charge is 0.347 e. The Bertz CT molecular complexity index is 1150. The van der Waals surface area contributed by atoms with Crippen molar-refractivity contribution >= 4 is 23.3 Å². The molecule has 0 aliphatic heterocycles. The normalized spacial score (nSPS) is 11.1. The lowest BCUT2D eigenvalue weighted by atomic mass is 10.2. The van der Waals surface area contributed by atoms with Crippen molar-refractivity contribution in [2.75, 3.05) is 0 Å². The van der Waals surface area contributed by atoms with E-state index in [1.54, 1.807) is 23.6 Å². The summed E-state index contributed by atoms with van der Waals surface area (Å²) in [6.07, 6.45) is 7.09. The molecule has 1 aromatic carbocycles. The number of hydrogen-bond acceptors (Lipinski definition) is 4. The summed E-state index contributed by atoms with van der Waals surface area (Å²) in [5.74, 6) is -0.159. The molecular weight excluding hydrogens is 392 g/mol. The van der Waals surface area contributed by atoms with Crippen molar-refractivity contribution in [1.29, 1.82) is 0 Å². The lowest BCUT2D eigenvalue weighted by Gasteiger charge is -2.04. The van der Waals surface area contributed by atoms with Crippen LogP contribution in [0, 0.1) is 6.92 Å². The van der Waals surface area contributed by atoms with Crippen LogP contribution in [-0.2, 0) is 17.9 Å². The van der Waals surface area contributed by atoms with Crippen LogP contribution in [0.25, 0.3) is 16.6 Å². The lowest BCUT2D eigenvalue weighted by molar-refractivity contribution is -0.116. The van der Waals surface area contributed by atoms with E-state index >= 15 is 0 Å². The van der Waals surface area contributed by atoms with Crippen LogP contribution in [0.2, 0.25) is 0 Å². The monoisotopic (exact) mass is 414 g/mol. The summed E-state index contributed by atoms with van der Waals surface area (Å²) in [4.78, 5) is 17.7. The van der Waals surface area contributed by atoms with Gasteiger partial charge in [-0.15, -0.1) is 11.3 Å². The Hall–Kier alpha value is -3.51. The molecule has 0 radical (unpaired) electrons. The van der Waals surface area contributed by atoms with Crippen molar-refractivity contribution in [1.82, 2.24) is 20.1 Å². The smallest absolute Gasteiger partial charge is 0.244 e. The van der Waals surface area contributed by atoms with Gasteiger partial charge in [-0.25, -0.2) is 0 Å². The van der Waals surface area contributed by atoms with Gasteiger partial charge in [0.2, 0.25) is 5.91 Å². The minimum Gasteiger partial charge on any atom is -0.347 e. The second-order valence-corrected chi connectivity index (χ2v) is 7.86. The number of aromatic nitrogens is 3. The molecule has 4 rings (SSSR count). The number of rotatable bonds is 7. The highest BCUT2D eigenvalue weighted by Gasteiger charge is 2.11. The van der Waals surface area contributed by atoms with Crippen molar-refractivity contribution in [3.05, 3.63) is 101 Å². The van der Waals surface area contributed by atoms with Crippen LogP contribution < -0.4 is 5.32 Å². The molecule has 5 nitrogen and oxygen atoms in total. The van der Waals surface area contributed by atoms with Gasteiger partial charge in [0.15, 0.2) is 0 Å². The third-order valence-corrected chi connectivity index (χ3v) is 5.57. The number of carbonyl (C=O) groups excluding carboxylic acids is 1. The molecule has 0 aliphatic carbocycles. The van der Waals surface area contributed by atoms with Gasteiger partial charge in [0.1, 0.15) is 5.69 Å². The van der Waals surface area contributed by atoms with Gasteiger partial charge in [0.05, 0.1) is 23.7 Å². The maximum Gasteiger partial charge on any atom is 0.244 e. The maximum absolute atomic E-state index is 12.3. The summed E-state index contributed by atoms with van der Waals surface area (Å²) in [7, 11) is 0. The van der Waals surface area contributed by atoms with E-state index in [0.29, 0.717) is 13.1 Å². The Labute approximate surface area is 179 Å². The first kappa shape index (κ1) is 19.8. The number of amides is 1. The molecule has 0 fully saturated rings. The summed E-state index contributed by atoms with van der Waals surface area (Å²) in [6.45, 7) is 3.07. The first-order valence-corrected chi connectivity index (χ1v) is 10.6. The van der Waals surface area contributed by atoms with Crippen LogP contribution in [0.15, 0.2) is 78.4 Å². The van der Waals surface area contributed by atoms with Crippen molar-refractivity contribution in [2.45, 2.75) is 20.0 Å². The highest BCUT2D eigenvalue weighted by atomic mass is 32.1. The number of benzene rings is 1. The number of hydrogen-bond donors (Lipinski definition) is 1. The third-order valence-electron chi connectivity index (χ3n) is 4.69. The molecule has 0 aliphatic rings. The van der Waals surface area contributed by atoms with Gasteiger partial charge in [0.25, 0.3) is 0 Å². The summed E-state index contributed by atoms with van der Waals surface area (Å²) >= 11 is 1.63. The minimum atomic E-state index is -0.159. The molecule has 0 saturated carbocycles. The summed E-state index contributed by atoms with van der Waals surface area (Å²) in [5, 5.41) is 9.69. The fraction of sp³-hybridized carbons (Fsp3) is 0.125. The highest BCUT2D eigenvalue weighted by Crippen LogP contribution is 2.27. The molecule has 0 bridgehead atoms. The maximum atomic E-state index is 12.3. The lowest BCUT2D eigenvalue weighted by Crippen LogP contribution is -2.21. The standard InChI is InChI=1S/C24H22N4OS/c1-18-7-5-13-25-21(18)15-26-23(29)12-11-20-17-28(16-19-8-3-2-4-9-19)27-24(20)22-10-6-14-30-22/h2-14,17H,15-16H2,1H3,(H,26,29). The van der Waals surface area contributed by atoms with E-state index in [9.17, 15) is 4.79 Å². The van der Waals surface area contributed by atoms with Gasteiger partial charge in [-0.2, -0.15) is 5.10 Å². The fourth-order valence-corrected chi connectivity index (χ4v) is 3.84. The molecule has 0 spiro atoms. The fourth-order valence-electron chi connectivity index (χ4n) is 3.11. The number of nitrogens with zero attached hydrogens (tertiary/aromatic N) is 3. The average molecular weight is 415 g/mol. The number of thiophene rings is 1. The first-order chi connectivity index (χ1) is 14.7. The number of carbonyl (C=O) groups is 1. The van der Waals surface area contributed by atoms with Crippen molar-refractivity contribution in [3.63, 3.8) is 0 Å². The first-order valence-electron chi connectivity index (χ1n) is 9.71. The Morgan fingerprint density at radius 1 is 1.13 bits per heavy atom. The van der Waals surface area contributed by atoms with E-state index in [1.807, 2.05) is 71.7 Å². The summed E-state index contributed by atoms with van der Waals surface area (Å²) < 4.78 is 1.92. The second-order valence-electron chi connectivity index (χ2n) is 6.91. The van der Waals surface area contributed by atoms with Gasteiger partial charge in [-0.1, -0.05) is 42.5 Å². The Balaban J connectivity index is 1.50. The second kappa shape index (κ2) is 9.33. The number of pyridine rings is 1. The van der Waals surface area contributed by atoms with Crippen LogP contribution in [0.5, 0.6) is 0 Å². The zero-order valence-electron chi connectivity index (χ0n) is 16.7. The average Bonchev–Trinajstić information content (AvgIpc) is 3.42. The highest BCUT2D eigenvalue weighted by molar-refractivity contribution is 7.13. The van der Waals surface area contributed by atoms with E-state index in [4.69, 9.17) is 5.10 Å². The Kier molecular flexibility index (Phi) is 6.15. The zero-order valence-corrected chi connectivity index (χ0v) is 17.5. The molecule has 4 aromatic rings. The third kappa shape index (κ3) is 4.90. The minimum absolute atomic E-state index is 0.159. The van der Waals surface area contributed by atoms with Gasteiger partial charge in [-0.05, 0) is 41.6 Å². The van der Waals surface area contributed by atoms with Gasteiger partial charge in [0, 0.05) is 24.0 Å². The molecule has 150 valence electrons. The van der Waals surface area contributed by atoms with Crippen LogP contribution in [0.3, 0.4) is 0 Å². The Morgan fingerprint density at radius 3 is 2.77 bits per heavy atom. The predicted molar refractivity (Wildman–Crippen MR) is 121 cm³/mol. The molecule has 0 atom stereocenters. The zero-order chi connectivity index (χ0) is 20.8. The molecule has 0 saturated heterocycles. The van der Waals surface area contributed by atoms with Gasteiger partial charge < -0.3 is 5.32 Å². The molecule has 0 unspecified atom stereocenters. The predicted octanol–water partition coefficient (Wildman–Crippen LogP) is 4.69. The summed E-state index contributed by atoms with van der Waals surface area (Å²) in [6, 6.07) is 18.1. The number of nitrogens with one attached hydrogen (secondary N) is 1. The van der Waals surface area contributed by atoms with E-state index in [1.165, 1.54) is 5.56 Å². The van der Waals surface area contributed by atoms with Crippen molar-refractivity contribution < 1.29 is 4.79 Å². The van der Waals surface area contributed by atoms with Gasteiger partial charge >= 0.3 is 0 Å². The van der Waals surface area contributed by atoms with E-state index < -0.39 is 0 Å². The van der Waals surface area contributed by atoms with Crippen LogP contribution in [0.1, 0.15) is 22.4 Å². The topological polar surface area (TPSA) is 59.8 Å². The molecule has 1 amide bonds. The van der Waals surface area contributed by atoms with E-state index in [2.05, 4.69) is 22.4 Å². The summed E-state index contributed by atoms with van der Waals surface area (Å²) in [5.41, 5.74) is 4.90. The van der Waals surface area contributed by atoms with E-state index in [0.717, 1.165) is 27.4 Å².